The second-order valence-electron chi connectivity index (χ2n) is 27.1. The Morgan fingerprint density at radius 2 is 0.707 bits per heavy atom. The molecule has 99 heavy (non-hydrogen) atoms. The van der Waals surface area contributed by atoms with Crippen molar-refractivity contribution in [1.82, 2.24) is 5.32 Å². The number of carbonyl (C=O) groups excluding carboxylic acids is 1. The molecule has 2 fully saturated rings. The third-order valence-electron chi connectivity index (χ3n) is 18.2. The smallest absolute Gasteiger partial charge is 0.220 e. The van der Waals surface area contributed by atoms with Gasteiger partial charge in [0.2, 0.25) is 5.91 Å². The zero-order valence-corrected chi connectivity index (χ0v) is 61.9. The predicted molar refractivity (Wildman–Crippen MR) is 410 cm³/mol. The molecule has 0 radical (unpaired) electrons. The highest BCUT2D eigenvalue weighted by Crippen LogP contribution is 2.30. The van der Waals surface area contributed by atoms with E-state index in [-0.39, 0.29) is 18.9 Å². The van der Waals surface area contributed by atoms with Crippen LogP contribution in [0, 0.1) is 0 Å². The molecule has 14 nitrogen and oxygen atoms in total. The summed E-state index contributed by atoms with van der Waals surface area (Å²) in [5.74, 6) is -0.263. The summed E-state index contributed by atoms with van der Waals surface area (Å²) in [6.45, 7) is 2.67. The number of ether oxygens (including phenoxy) is 4. The van der Waals surface area contributed by atoms with Gasteiger partial charge in [0.05, 0.1) is 32.0 Å². The molecule has 0 aliphatic carbocycles. The van der Waals surface area contributed by atoms with E-state index < -0.39 is 86.8 Å². The second-order valence-corrected chi connectivity index (χ2v) is 27.1. The number of hydrogen-bond acceptors (Lipinski definition) is 13. The van der Waals surface area contributed by atoms with Crippen molar-refractivity contribution < 1.29 is 64.6 Å². The number of hydrogen-bond donors (Lipinski definition) is 9. The first-order valence-electron chi connectivity index (χ1n) is 39.6. The summed E-state index contributed by atoms with van der Waals surface area (Å²) < 4.78 is 22.9. The van der Waals surface area contributed by atoms with Crippen molar-refractivity contribution in [1.29, 1.82) is 0 Å². The Bertz CT molecular complexity index is 2230. The van der Waals surface area contributed by atoms with E-state index in [2.05, 4.69) is 153 Å². The molecule has 0 bridgehead atoms. The van der Waals surface area contributed by atoms with Crippen molar-refractivity contribution in [2.75, 3.05) is 19.8 Å². The fraction of sp³-hybridized carbons (Fsp3) is 0.706. The molecule has 2 saturated heterocycles. The fourth-order valence-corrected chi connectivity index (χ4v) is 12.0. The molecule has 0 aromatic carbocycles. The van der Waals surface area contributed by atoms with Crippen LogP contribution in [-0.4, -0.2) is 140 Å². The fourth-order valence-electron chi connectivity index (χ4n) is 12.0. The Balaban J connectivity index is 1.66. The van der Waals surface area contributed by atoms with Gasteiger partial charge in [-0.1, -0.05) is 314 Å². The van der Waals surface area contributed by atoms with Gasteiger partial charge in [-0.3, -0.25) is 4.79 Å². The molecule has 9 N–H and O–H groups in total. The molecule has 2 aliphatic rings. The van der Waals surface area contributed by atoms with Crippen LogP contribution in [0.4, 0.5) is 0 Å². The van der Waals surface area contributed by atoms with E-state index >= 15 is 0 Å². The third kappa shape index (κ3) is 50.0. The standard InChI is InChI=1S/C85H143NO13/c1-3-5-7-9-11-13-15-17-19-21-23-25-27-29-31-33-34-35-36-37-38-39-40-41-43-45-47-49-51-53-55-57-59-61-63-65-67-69-77(90)86-73(72-96-84-82(95)80(93)83(76(71-88)98-84)99-85-81(94)79(92)78(91)75(70-87)97-85)74(89)68-66-64-62-60-58-56-54-52-50-48-46-44-42-32-30-28-26-24-22-20-18-16-14-12-10-8-6-4-2/h5,7,11,13,17,19,23,25,29,31,34-35,37-38,40-41,45,47,50,52,58,60,66,68,73-76,78-85,87-89,91-95H,3-4,6,8-10,12,14-16,18,20-22,24,26-28,30,32-33,36,39,42-44,46,48-49,51,53-57,59,61-65,67,69-72H2,1-2H3,(H,86,90)/b7-5-,13-11-,19-17-,25-23-,31-29-,35-34-,38-37-,41-40-,47-45-,52-50+,60-58+,68-66+. The van der Waals surface area contributed by atoms with Crippen molar-refractivity contribution in [3.8, 4) is 0 Å². The van der Waals surface area contributed by atoms with Gasteiger partial charge in [-0.15, -0.1) is 0 Å². The van der Waals surface area contributed by atoms with Crippen molar-refractivity contribution >= 4 is 5.91 Å². The summed E-state index contributed by atoms with van der Waals surface area (Å²) in [6.07, 6.45) is 84.8. The van der Waals surface area contributed by atoms with E-state index in [4.69, 9.17) is 18.9 Å². The summed E-state index contributed by atoms with van der Waals surface area (Å²) in [7, 11) is 0. The molecule has 1 amide bonds. The summed E-state index contributed by atoms with van der Waals surface area (Å²) in [5, 5.41) is 87.6. The summed E-state index contributed by atoms with van der Waals surface area (Å²) >= 11 is 0. The Morgan fingerprint density at radius 3 is 1.11 bits per heavy atom. The zero-order chi connectivity index (χ0) is 71.5. The number of rotatable bonds is 64. The van der Waals surface area contributed by atoms with Crippen LogP contribution in [0.1, 0.15) is 290 Å². The maximum Gasteiger partial charge on any atom is 0.220 e. The van der Waals surface area contributed by atoms with Crippen LogP contribution < -0.4 is 5.32 Å². The van der Waals surface area contributed by atoms with Crippen molar-refractivity contribution in [2.45, 2.75) is 364 Å². The van der Waals surface area contributed by atoms with Crippen LogP contribution in [0.3, 0.4) is 0 Å². The lowest BCUT2D eigenvalue weighted by molar-refractivity contribution is -0.359. The Kier molecular flexibility index (Phi) is 61.6. The maximum absolute atomic E-state index is 13.4. The number of aliphatic hydroxyl groups is 8. The van der Waals surface area contributed by atoms with E-state index in [0.717, 1.165) is 116 Å². The van der Waals surface area contributed by atoms with E-state index in [1.165, 1.54) is 141 Å². The number of aliphatic hydroxyl groups excluding tert-OH is 8. The van der Waals surface area contributed by atoms with E-state index in [9.17, 15) is 45.6 Å². The van der Waals surface area contributed by atoms with Gasteiger partial charge in [0.25, 0.3) is 0 Å². The van der Waals surface area contributed by atoms with Crippen molar-refractivity contribution in [3.05, 3.63) is 146 Å². The average Bonchev–Trinajstić information content (AvgIpc) is 0.793. The minimum Gasteiger partial charge on any atom is -0.394 e. The Labute approximate surface area is 602 Å². The number of allylic oxidation sites excluding steroid dienone is 23. The minimum absolute atomic E-state index is 0.253. The van der Waals surface area contributed by atoms with Crippen LogP contribution in [-0.2, 0) is 23.7 Å². The number of unbranched alkanes of at least 4 members (excludes halogenated alkanes) is 29. The first-order valence-corrected chi connectivity index (χ1v) is 39.6. The maximum atomic E-state index is 13.4. The largest absolute Gasteiger partial charge is 0.394 e. The number of amides is 1. The van der Waals surface area contributed by atoms with Crippen LogP contribution in [0.5, 0.6) is 0 Å². The monoisotopic (exact) mass is 1390 g/mol. The first kappa shape index (κ1) is 91.0. The predicted octanol–water partition coefficient (Wildman–Crippen LogP) is 18.0. The van der Waals surface area contributed by atoms with Gasteiger partial charge in [-0.2, -0.15) is 0 Å². The minimum atomic E-state index is -1.80. The Hall–Kier alpha value is -4.13. The molecule has 0 spiro atoms. The molecule has 0 saturated carbocycles. The lowest BCUT2D eigenvalue weighted by Crippen LogP contribution is -2.65. The molecule has 2 aliphatic heterocycles. The molecule has 2 rings (SSSR count). The summed E-state index contributed by atoms with van der Waals surface area (Å²) in [6, 6.07) is -0.954. The summed E-state index contributed by atoms with van der Waals surface area (Å²) in [4.78, 5) is 13.4. The highest BCUT2D eigenvalue weighted by molar-refractivity contribution is 5.76. The molecular weight excluding hydrogens is 1240 g/mol. The molecule has 0 aromatic heterocycles. The van der Waals surface area contributed by atoms with Gasteiger partial charge in [0, 0.05) is 6.42 Å². The topological polar surface area (TPSA) is 228 Å². The molecule has 12 unspecified atom stereocenters. The highest BCUT2D eigenvalue weighted by Gasteiger charge is 2.51. The average molecular weight is 1390 g/mol. The molecule has 566 valence electrons. The van der Waals surface area contributed by atoms with Gasteiger partial charge >= 0.3 is 0 Å². The quantitative estimate of drug-likeness (QED) is 0.0204. The van der Waals surface area contributed by atoms with Gasteiger partial charge in [0.15, 0.2) is 12.6 Å². The van der Waals surface area contributed by atoms with Crippen LogP contribution >= 0.6 is 0 Å². The normalized spacial score (nSPS) is 22.8. The molecule has 12 atom stereocenters. The van der Waals surface area contributed by atoms with E-state index in [0.29, 0.717) is 12.8 Å². The van der Waals surface area contributed by atoms with Crippen molar-refractivity contribution in [3.63, 3.8) is 0 Å². The number of nitrogens with one attached hydrogen (secondary N) is 1. The van der Waals surface area contributed by atoms with E-state index in [1.54, 1.807) is 6.08 Å². The molecule has 2 heterocycles. The molecule has 14 heteroatoms. The molecule has 0 aromatic rings. The first-order chi connectivity index (χ1) is 48.6. The zero-order valence-electron chi connectivity index (χ0n) is 61.9. The van der Waals surface area contributed by atoms with Crippen molar-refractivity contribution in [2.24, 2.45) is 0 Å². The van der Waals surface area contributed by atoms with Gasteiger partial charge in [-0.05, 0) is 116 Å². The second kappa shape index (κ2) is 67.1. The van der Waals surface area contributed by atoms with Gasteiger partial charge in [0.1, 0.15) is 48.8 Å². The van der Waals surface area contributed by atoms with Gasteiger partial charge in [-0.25, -0.2) is 0 Å². The van der Waals surface area contributed by atoms with Crippen LogP contribution in [0.15, 0.2) is 146 Å². The Morgan fingerprint density at radius 1 is 0.374 bits per heavy atom. The van der Waals surface area contributed by atoms with Crippen LogP contribution in [0.2, 0.25) is 0 Å². The van der Waals surface area contributed by atoms with E-state index in [1.807, 2.05) is 6.08 Å². The SMILES string of the molecule is CC/C=C\C/C=C\C/C=C\C/C=C\C/C=C\C/C=C\C/C=C\C/C=C\C/C=C\CCCCCCCCCCCC(=O)NC(COC1OC(CO)C(OC2OC(CO)C(O)C(O)C2O)C(O)C1O)C(O)/C=C/CC/C=C/CC/C=C/CCCCCCCCCCCCCCCCCCCC. The summed E-state index contributed by atoms with van der Waals surface area (Å²) in [5.41, 5.74) is 0. The highest BCUT2D eigenvalue weighted by atomic mass is 16.7. The lowest BCUT2D eigenvalue weighted by atomic mass is 9.97. The van der Waals surface area contributed by atoms with Crippen LogP contribution in [0.25, 0.3) is 0 Å². The number of carbonyl (C=O) groups is 1. The van der Waals surface area contributed by atoms with Gasteiger partial charge < -0.3 is 65.1 Å². The lowest BCUT2D eigenvalue weighted by Gasteiger charge is -2.46. The molecular formula is C85H143NO13. The third-order valence-corrected chi connectivity index (χ3v) is 18.2.